The number of carbonyl (C=O) groups is 2. The molecule has 4 rings (SSSR count). The fourth-order valence-corrected chi connectivity index (χ4v) is 3.73. The van der Waals surface area contributed by atoms with Gasteiger partial charge in [0.05, 0.1) is 27.6 Å². The van der Waals surface area contributed by atoms with Crippen LogP contribution < -0.4 is 16.0 Å². The van der Waals surface area contributed by atoms with Gasteiger partial charge in [-0.05, 0) is 29.8 Å². The number of rotatable bonds is 5. The minimum atomic E-state index is -4.69. The fraction of sp³-hybridized carbons (Fsp3) is 0.0833. The lowest BCUT2D eigenvalue weighted by atomic mass is 10.0. The summed E-state index contributed by atoms with van der Waals surface area (Å²) in [5, 5.41) is 17.8. The fourth-order valence-electron chi connectivity index (χ4n) is 3.57. The predicted octanol–water partition coefficient (Wildman–Crippen LogP) is 3.66. The zero-order valence-corrected chi connectivity index (χ0v) is 18.3. The molecule has 0 radical (unpaired) electrons. The van der Waals surface area contributed by atoms with E-state index in [1.54, 1.807) is 18.2 Å². The number of carboxylic acids is 1. The van der Waals surface area contributed by atoms with Gasteiger partial charge in [0.1, 0.15) is 5.69 Å². The van der Waals surface area contributed by atoms with Crippen molar-refractivity contribution in [3.63, 3.8) is 0 Å². The van der Waals surface area contributed by atoms with Crippen molar-refractivity contribution in [1.82, 2.24) is 9.78 Å². The number of amides is 1. The predicted molar refractivity (Wildman–Crippen MR) is 120 cm³/mol. The van der Waals surface area contributed by atoms with Gasteiger partial charge in [-0.2, -0.15) is 18.3 Å². The van der Waals surface area contributed by atoms with Gasteiger partial charge in [0.2, 0.25) is 0 Å². The number of hydrogen-bond donors (Lipinski definition) is 1. The van der Waals surface area contributed by atoms with E-state index in [9.17, 15) is 32.7 Å². The number of halogens is 4. The minimum absolute atomic E-state index is 0.0156. The van der Waals surface area contributed by atoms with Gasteiger partial charge in [-0.3, -0.25) is 9.59 Å². The van der Waals surface area contributed by atoms with Gasteiger partial charge in [-0.25, -0.2) is 4.68 Å². The van der Waals surface area contributed by atoms with Crippen molar-refractivity contribution in [2.24, 2.45) is 0 Å². The highest BCUT2D eigenvalue weighted by atomic mass is 35.5. The number of carbonyl (C=O) groups excluding carboxylic acids is 2. The summed E-state index contributed by atoms with van der Waals surface area (Å²) >= 11 is 6.01. The zero-order valence-electron chi connectivity index (χ0n) is 17.5. The van der Waals surface area contributed by atoms with Gasteiger partial charge in [0.25, 0.3) is 11.5 Å². The third kappa shape index (κ3) is 4.73. The van der Waals surface area contributed by atoms with E-state index < -0.39 is 40.9 Å². The number of anilines is 1. The Morgan fingerprint density at radius 2 is 1.60 bits per heavy atom. The molecule has 0 fully saturated rings. The quantitative estimate of drug-likeness (QED) is 0.450. The number of aromatic nitrogens is 2. The molecule has 1 atom stereocenters. The largest absolute Gasteiger partial charge is 0.543 e. The smallest absolute Gasteiger partial charge is 0.416 e. The van der Waals surface area contributed by atoms with E-state index in [0.29, 0.717) is 10.7 Å². The van der Waals surface area contributed by atoms with Gasteiger partial charge >= 0.3 is 6.18 Å². The van der Waals surface area contributed by atoms with Gasteiger partial charge in [-0.15, -0.1) is 0 Å². The van der Waals surface area contributed by atoms with Crippen molar-refractivity contribution in [2.45, 2.75) is 12.2 Å². The molecule has 3 aromatic carbocycles. The Kier molecular flexibility index (Phi) is 6.31. The van der Waals surface area contributed by atoms with Crippen LogP contribution in [0, 0.1) is 0 Å². The Morgan fingerprint density at radius 1 is 0.971 bits per heavy atom. The molecule has 4 aromatic rings. The van der Waals surface area contributed by atoms with Crippen molar-refractivity contribution in [3.05, 3.63) is 105 Å². The Labute approximate surface area is 200 Å². The van der Waals surface area contributed by atoms with Crippen LogP contribution in [0.2, 0.25) is 5.02 Å². The molecular weight excluding hydrogens is 487 g/mol. The molecule has 35 heavy (non-hydrogen) atoms. The normalized spacial score (nSPS) is 12.3. The summed E-state index contributed by atoms with van der Waals surface area (Å²) in [6.45, 7) is 0. The van der Waals surface area contributed by atoms with Crippen LogP contribution in [0.5, 0.6) is 0 Å². The Bertz CT molecular complexity index is 1500. The summed E-state index contributed by atoms with van der Waals surface area (Å²) in [6, 6.07) is 14.4. The lowest BCUT2D eigenvalue weighted by Crippen LogP contribution is -2.38. The molecule has 0 aliphatic heterocycles. The van der Waals surface area contributed by atoms with Crippen molar-refractivity contribution >= 4 is 39.9 Å². The molecule has 1 heterocycles. The highest BCUT2D eigenvalue weighted by molar-refractivity contribution is 6.33. The summed E-state index contributed by atoms with van der Waals surface area (Å²) in [7, 11) is 0. The lowest BCUT2D eigenvalue weighted by molar-refractivity contribution is -0.255. The summed E-state index contributed by atoms with van der Waals surface area (Å²) in [5.74, 6) is -2.64. The number of hydrogen-bond acceptors (Lipinski definition) is 5. The van der Waals surface area contributed by atoms with Gasteiger partial charge in [0, 0.05) is 5.39 Å². The maximum absolute atomic E-state index is 13.4. The number of alkyl halides is 3. The monoisotopic (exact) mass is 500 g/mol. The van der Waals surface area contributed by atoms with E-state index in [2.05, 4.69) is 10.4 Å². The third-order valence-corrected chi connectivity index (χ3v) is 5.51. The summed E-state index contributed by atoms with van der Waals surface area (Å²) in [5.41, 5.74) is -2.53. The molecule has 0 aliphatic carbocycles. The molecule has 1 amide bonds. The number of nitrogens with one attached hydrogen (secondary N) is 1. The summed E-state index contributed by atoms with van der Waals surface area (Å²) in [4.78, 5) is 38.4. The standard InChI is InChI=1S/C24H15ClF3N3O4/c25-17-11-10-14(24(26,27)28)12-18(17)29-21(32)20(13-6-2-1-3-7-13)31-22(33)16-9-5-4-8-15(16)19(30-31)23(34)35/h1-12,20H,(H,29,32)(H,34,35)/p-1/t20-/m0/s1. The third-order valence-electron chi connectivity index (χ3n) is 5.18. The van der Waals surface area contributed by atoms with Crippen LogP contribution in [-0.4, -0.2) is 21.7 Å². The topological polar surface area (TPSA) is 104 Å². The number of fused-ring (bicyclic) bond motifs is 1. The van der Waals surface area contributed by atoms with E-state index in [-0.39, 0.29) is 27.0 Å². The van der Waals surface area contributed by atoms with Crippen LogP contribution in [0.1, 0.15) is 27.7 Å². The van der Waals surface area contributed by atoms with Crippen molar-refractivity contribution in [2.75, 3.05) is 5.32 Å². The highest BCUT2D eigenvalue weighted by Crippen LogP contribution is 2.34. The first-order chi connectivity index (χ1) is 16.6. The highest BCUT2D eigenvalue weighted by Gasteiger charge is 2.32. The summed E-state index contributed by atoms with van der Waals surface area (Å²) < 4.78 is 40.2. The zero-order chi connectivity index (χ0) is 25.3. The molecule has 0 saturated carbocycles. The van der Waals surface area contributed by atoms with E-state index in [4.69, 9.17) is 11.6 Å². The Balaban J connectivity index is 1.89. The van der Waals surface area contributed by atoms with E-state index in [1.807, 2.05) is 0 Å². The second-order valence-corrected chi connectivity index (χ2v) is 7.83. The molecule has 178 valence electrons. The van der Waals surface area contributed by atoms with Gasteiger partial charge < -0.3 is 15.2 Å². The maximum Gasteiger partial charge on any atom is 0.416 e. The van der Waals surface area contributed by atoms with E-state index >= 15 is 0 Å². The molecule has 0 aliphatic rings. The SMILES string of the molecule is O=C([O-])c1nn([C@H](C(=O)Nc2cc(C(F)(F)F)ccc2Cl)c2ccccc2)c(=O)c2ccccc12. The van der Waals surface area contributed by atoms with Gasteiger partial charge in [0.15, 0.2) is 6.04 Å². The van der Waals surface area contributed by atoms with Crippen LogP contribution in [0.4, 0.5) is 18.9 Å². The van der Waals surface area contributed by atoms with E-state index in [1.165, 1.54) is 36.4 Å². The molecule has 0 spiro atoms. The van der Waals surface area contributed by atoms with Crippen LogP contribution >= 0.6 is 11.6 Å². The first-order valence-electron chi connectivity index (χ1n) is 10.0. The Hall–Kier alpha value is -4.18. The lowest BCUT2D eigenvalue weighted by Gasteiger charge is -2.21. The van der Waals surface area contributed by atoms with Gasteiger partial charge in [-0.1, -0.05) is 60.1 Å². The maximum atomic E-state index is 13.4. The van der Waals surface area contributed by atoms with E-state index in [0.717, 1.165) is 12.1 Å². The molecule has 1 aromatic heterocycles. The van der Waals surface area contributed by atoms with Crippen LogP contribution in [0.15, 0.2) is 77.6 Å². The molecule has 0 bridgehead atoms. The summed E-state index contributed by atoms with van der Waals surface area (Å²) in [6.07, 6.45) is -4.69. The van der Waals surface area contributed by atoms with Crippen molar-refractivity contribution in [1.29, 1.82) is 0 Å². The molecule has 0 saturated heterocycles. The second kappa shape index (κ2) is 9.22. The average molecular weight is 501 g/mol. The van der Waals surface area contributed by atoms with Crippen LogP contribution in [-0.2, 0) is 11.0 Å². The molecule has 11 heteroatoms. The molecule has 7 nitrogen and oxygen atoms in total. The molecule has 0 unspecified atom stereocenters. The van der Waals surface area contributed by atoms with Crippen LogP contribution in [0.3, 0.4) is 0 Å². The average Bonchev–Trinajstić information content (AvgIpc) is 2.82. The minimum Gasteiger partial charge on any atom is -0.543 e. The first kappa shape index (κ1) is 24.0. The molecular formula is C24H14ClF3N3O4-. The van der Waals surface area contributed by atoms with Crippen molar-refractivity contribution in [3.8, 4) is 0 Å². The molecule has 1 N–H and O–H groups in total. The number of carboxylic acid groups (broad SMARTS) is 1. The van der Waals surface area contributed by atoms with Crippen LogP contribution in [0.25, 0.3) is 10.8 Å². The number of nitrogens with zero attached hydrogens (tertiary/aromatic N) is 2. The number of benzene rings is 3. The number of aromatic carboxylic acids is 1. The first-order valence-corrected chi connectivity index (χ1v) is 10.4. The van der Waals surface area contributed by atoms with Crippen molar-refractivity contribution < 1.29 is 27.9 Å². The second-order valence-electron chi connectivity index (χ2n) is 7.43. The Morgan fingerprint density at radius 3 is 2.23 bits per heavy atom.